The highest BCUT2D eigenvalue weighted by molar-refractivity contribution is 5.46. The molecule has 0 aromatic carbocycles. The molecule has 0 bridgehead atoms. The largest absolute Gasteiger partial charge is 0.487 e. The minimum atomic E-state index is 1.28. The Kier molecular flexibility index (Phi) is 4.99. The number of hydrogen-bond donors (Lipinski definition) is 0. The molecule has 0 saturated carbocycles. The van der Waals surface area contributed by atoms with Gasteiger partial charge < -0.3 is 9.47 Å². The highest BCUT2D eigenvalue weighted by atomic mass is 16.5. The standard InChI is InChI=1S/C4H8NO2/c1-6-3-5-4-7-2/h3-4H,1-2H3. The maximum atomic E-state index is 4.44. The number of nitrogens with zero attached hydrogens (tertiary/aromatic N) is 1. The quantitative estimate of drug-likeness (QED) is 0.382. The van der Waals surface area contributed by atoms with Gasteiger partial charge in [-0.3, -0.25) is 0 Å². The van der Waals surface area contributed by atoms with Gasteiger partial charge in [0.2, 0.25) is 0 Å². The molecule has 0 spiro atoms. The zero-order valence-electron chi connectivity index (χ0n) is 4.42. The Bertz CT molecular complexity index is 53.7. The van der Waals surface area contributed by atoms with E-state index in [0.717, 1.165) is 0 Å². The van der Waals surface area contributed by atoms with Crippen molar-refractivity contribution in [3.63, 3.8) is 0 Å². The van der Waals surface area contributed by atoms with Crippen molar-refractivity contribution in [3.8, 4) is 0 Å². The fraction of sp³-hybridized carbons (Fsp3) is 0.500. The summed E-state index contributed by atoms with van der Waals surface area (Å²) in [6.45, 7) is 1.28. The smallest absolute Gasteiger partial charge is 0.197 e. The van der Waals surface area contributed by atoms with Crippen LogP contribution in [0.15, 0.2) is 4.99 Å². The molecule has 0 aliphatic carbocycles. The van der Waals surface area contributed by atoms with Crippen LogP contribution in [0.3, 0.4) is 0 Å². The van der Waals surface area contributed by atoms with Gasteiger partial charge in [-0.1, -0.05) is 0 Å². The van der Waals surface area contributed by atoms with E-state index in [-0.39, 0.29) is 0 Å². The summed E-state index contributed by atoms with van der Waals surface area (Å²) in [4.78, 5) is 3.51. The van der Waals surface area contributed by atoms with Crippen LogP contribution >= 0.6 is 0 Å². The van der Waals surface area contributed by atoms with E-state index in [2.05, 4.69) is 14.5 Å². The van der Waals surface area contributed by atoms with Gasteiger partial charge in [0, 0.05) is 7.11 Å². The van der Waals surface area contributed by atoms with E-state index >= 15 is 0 Å². The van der Waals surface area contributed by atoms with Gasteiger partial charge in [0.25, 0.3) is 0 Å². The van der Waals surface area contributed by atoms with Gasteiger partial charge in [0.05, 0.1) is 7.11 Å². The first-order chi connectivity index (χ1) is 3.41. The molecule has 0 fully saturated rings. The molecule has 0 aliphatic rings. The molecule has 0 aromatic heterocycles. The van der Waals surface area contributed by atoms with Crippen molar-refractivity contribution in [3.05, 3.63) is 6.73 Å². The molecule has 0 saturated heterocycles. The van der Waals surface area contributed by atoms with E-state index in [0.29, 0.717) is 0 Å². The van der Waals surface area contributed by atoms with Crippen LogP contribution in [0.25, 0.3) is 0 Å². The fourth-order valence-electron chi connectivity index (χ4n) is 0.147. The second-order valence-electron chi connectivity index (χ2n) is 0.831. The first-order valence-electron chi connectivity index (χ1n) is 1.80. The highest BCUT2D eigenvalue weighted by Gasteiger charge is 1.67. The Morgan fingerprint density at radius 3 is 2.43 bits per heavy atom. The van der Waals surface area contributed by atoms with Crippen LogP contribution in [-0.2, 0) is 9.47 Å². The van der Waals surface area contributed by atoms with Crippen molar-refractivity contribution in [1.29, 1.82) is 0 Å². The van der Waals surface area contributed by atoms with Crippen molar-refractivity contribution in [2.75, 3.05) is 14.2 Å². The van der Waals surface area contributed by atoms with Crippen LogP contribution in [0, 0.1) is 6.73 Å². The summed E-state index contributed by atoms with van der Waals surface area (Å²) in [7, 11) is 3.04. The molecule has 41 valence electrons. The predicted molar refractivity (Wildman–Crippen MR) is 26.8 cm³/mol. The molecule has 0 heterocycles. The average molecular weight is 102 g/mol. The van der Waals surface area contributed by atoms with Crippen LogP contribution in [0.5, 0.6) is 0 Å². The molecule has 3 heteroatoms. The lowest BCUT2D eigenvalue weighted by Crippen LogP contribution is -1.78. The van der Waals surface area contributed by atoms with Gasteiger partial charge in [-0.05, 0) is 0 Å². The fourth-order valence-corrected chi connectivity index (χ4v) is 0.147. The summed E-state index contributed by atoms with van der Waals surface area (Å²) < 4.78 is 8.88. The first-order valence-corrected chi connectivity index (χ1v) is 1.80. The second kappa shape index (κ2) is 5.43. The lowest BCUT2D eigenvalue weighted by atomic mass is 11.2. The minimum Gasteiger partial charge on any atom is -0.487 e. The number of aliphatic imine (C=N–C) groups is 1. The molecule has 7 heavy (non-hydrogen) atoms. The highest BCUT2D eigenvalue weighted by Crippen LogP contribution is 1.74. The van der Waals surface area contributed by atoms with Crippen molar-refractivity contribution in [1.82, 2.24) is 0 Å². The summed E-state index contributed by atoms with van der Waals surface area (Å²) in [5, 5.41) is 0. The Hall–Kier alpha value is -0.570. The second-order valence-corrected chi connectivity index (χ2v) is 0.831. The summed E-state index contributed by atoms with van der Waals surface area (Å²) in [6, 6.07) is 0. The van der Waals surface area contributed by atoms with Crippen molar-refractivity contribution < 1.29 is 9.47 Å². The third-order valence-corrected chi connectivity index (χ3v) is 0.333. The maximum Gasteiger partial charge on any atom is 0.197 e. The van der Waals surface area contributed by atoms with E-state index in [1.165, 1.54) is 27.4 Å². The normalized spacial score (nSPS) is 10.0. The van der Waals surface area contributed by atoms with Gasteiger partial charge in [0.15, 0.2) is 13.1 Å². The third kappa shape index (κ3) is 5.43. The molecule has 0 aliphatic heterocycles. The third-order valence-electron chi connectivity index (χ3n) is 0.333. The number of hydrogen-bond acceptors (Lipinski definition) is 3. The number of methoxy groups -OCH3 is 2. The topological polar surface area (TPSA) is 30.8 Å². The summed E-state index contributed by atoms with van der Waals surface area (Å²) in [5.41, 5.74) is 0. The molecule has 3 nitrogen and oxygen atoms in total. The van der Waals surface area contributed by atoms with Crippen molar-refractivity contribution in [2.24, 2.45) is 4.99 Å². The van der Waals surface area contributed by atoms with Crippen LogP contribution < -0.4 is 0 Å². The van der Waals surface area contributed by atoms with Gasteiger partial charge in [-0.15, -0.1) is 0 Å². The SMILES string of the molecule is CO[CH]N=COC. The molecule has 0 unspecified atom stereocenters. The molecular formula is C4H8NO2. The Balaban J connectivity index is 2.78. The van der Waals surface area contributed by atoms with Crippen molar-refractivity contribution in [2.45, 2.75) is 0 Å². The summed E-state index contributed by atoms with van der Waals surface area (Å²) in [5.74, 6) is 0. The Labute approximate surface area is 43.0 Å². The van der Waals surface area contributed by atoms with E-state index in [1.54, 1.807) is 0 Å². The number of ether oxygens (including phenoxy) is 2. The predicted octanol–water partition coefficient (Wildman–Crippen LogP) is 0.427. The van der Waals surface area contributed by atoms with Gasteiger partial charge in [-0.25, -0.2) is 4.99 Å². The van der Waals surface area contributed by atoms with E-state index in [4.69, 9.17) is 0 Å². The van der Waals surface area contributed by atoms with E-state index < -0.39 is 0 Å². The zero-order valence-corrected chi connectivity index (χ0v) is 4.42. The van der Waals surface area contributed by atoms with Crippen LogP contribution in [-0.4, -0.2) is 20.6 Å². The van der Waals surface area contributed by atoms with Crippen molar-refractivity contribution >= 4 is 6.40 Å². The Morgan fingerprint density at radius 1 is 1.29 bits per heavy atom. The Morgan fingerprint density at radius 2 is 2.00 bits per heavy atom. The summed E-state index contributed by atoms with van der Waals surface area (Å²) >= 11 is 0. The lowest BCUT2D eigenvalue weighted by molar-refractivity contribution is 0.274. The zero-order chi connectivity index (χ0) is 5.54. The van der Waals surface area contributed by atoms with E-state index in [1.807, 2.05) is 0 Å². The molecule has 0 rings (SSSR count). The lowest BCUT2D eigenvalue weighted by Gasteiger charge is -1.84. The maximum absolute atomic E-state index is 4.44. The average Bonchev–Trinajstić information content (AvgIpc) is 1.69. The molecule has 0 atom stereocenters. The molecular weight excluding hydrogens is 94.0 g/mol. The minimum absolute atomic E-state index is 1.28. The first kappa shape index (κ1) is 6.43. The molecule has 1 radical (unpaired) electrons. The monoisotopic (exact) mass is 102 g/mol. The summed E-state index contributed by atoms with van der Waals surface area (Å²) in [6.07, 6.45) is 1.28. The molecule has 0 N–H and O–H groups in total. The van der Waals surface area contributed by atoms with E-state index in [9.17, 15) is 0 Å². The van der Waals surface area contributed by atoms with Crippen LogP contribution in [0.4, 0.5) is 0 Å². The molecule has 0 aromatic rings. The van der Waals surface area contributed by atoms with Crippen LogP contribution in [0.2, 0.25) is 0 Å². The molecule has 0 amide bonds. The number of rotatable bonds is 3. The van der Waals surface area contributed by atoms with Gasteiger partial charge in [0.1, 0.15) is 0 Å². The van der Waals surface area contributed by atoms with Gasteiger partial charge in [-0.2, -0.15) is 0 Å². The van der Waals surface area contributed by atoms with Crippen LogP contribution in [0.1, 0.15) is 0 Å². The van der Waals surface area contributed by atoms with Gasteiger partial charge >= 0.3 is 0 Å².